The van der Waals surface area contributed by atoms with Crippen molar-refractivity contribution < 1.29 is 4.79 Å². The van der Waals surface area contributed by atoms with Crippen LogP contribution in [0.15, 0.2) is 42.1 Å². The van der Waals surface area contributed by atoms with Gasteiger partial charge in [-0.1, -0.05) is 30.3 Å². The summed E-state index contributed by atoms with van der Waals surface area (Å²) in [6, 6.07) is 11.7. The van der Waals surface area contributed by atoms with Gasteiger partial charge < -0.3 is 11.1 Å². The molecule has 0 atom stereocenters. The first-order valence-electron chi connectivity index (χ1n) is 4.91. The first kappa shape index (κ1) is 11.8. The Hall–Kier alpha value is -2.28. The second-order valence-corrected chi connectivity index (χ2v) is 3.22. The Morgan fingerprint density at radius 2 is 2.12 bits per heavy atom. The summed E-state index contributed by atoms with van der Waals surface area (Å²) in [6.07, 6.45) is 2.18. The van der Waals surface area contributed by atoms with Crippen molar-refractivity contribution in [2.24, 2.45) is 5.73 Å². The van der Waals surface area contributed by atoms with Crippen LogP contribution in [0.1, 0.15) is 5.56 Å². The number of nitrogens with zero attached hydrogens (tertiary/aromatic N) is 1. The molecule has 0 heterocycles. The maximum atomic E-state index is 10.7. The lowest BCUT2D eigenvalue weighted by Crippen LogP contribution is -2.17. The number of carbonyl (C=O) groups excluding carboxylic acids is 1. The fraction of sp³-hybridized carbons (Fsp3) is 0.167. The molecule has 0 aliphatic carbocycles. The van der Waals surface area contributed by atoms with Crippen LogP contribution < -0.4 is 11.1 Å². The van der Waals surface area contributed by atoms with E-state index in [9.17, 15) is 4.79 Å². The number of rotatable bonds is 5. The number of nitrogens with one attached hydrogen (secondary N) is 1. The fourth-order valence-electron chi connectivity index (χ4n) is 1.19. The largest absolute Gasteiger partial charge is 0.389 e. The molecule has 0 saturated carbocycles. The Morgan fingerprint density at radius 1 is 1.44 bits per heavy atom. The lowest BCUT2D eigenvalue weighted by atomic mass is 10.1. The summed E-state index contributed by atoms with van der Waals surface area (Å²) in [5.74, 6) is -0.713. The molecule has 0 radical (unpaired) electrons. The molecule has 4 heteroatoms. The van der Waals surface area contributed by atoms with E-state index in [1.807, 2.05) is 30.3 Å². The van der Waals surface area contributed by atoms with Gasteiger partial charge in [0.05, 0.1) is 0 Å². The number of primary amides is 1. The smallest absolute Gasteiger partial charge is 0.260 e. The third-order valence-electron chi connectivity index (χ3n) is 2.03. The van der Waals surface area contributed by atoms with Gasteiger partial charge >= 0.3 is 0 Å². The normalized spacial score (nSPS) is 10.6. The Morgan fingerprint density at radius 3 is 2.69 bits per heavy atom. The fourth-order valence-corrected chi connectivity index (χ4v) is 1.19. The van der Waals surface area contributed by atoms with Crippen molar-refractivity contribution in [3.05, 3.63) is 47.7 Å². The molecule has 0 aliphatic rings. The van der Waals surface area contributed by atoms with Crippen molar-refractivity contribution in [2.75, 3.05) is 6.54 Å². The van der Waals surface area contributed by atoms with E-state index >= 15 is 0 Å². The highest BCUT2D eigenvalue weighted by Gasteiger charge is 2.01. The van der Waals surface area contributed by atoms with Crippen molar-refractivity contribution in [1.82, 2.24) is 5.32 Å². The third-order valence-corrected chi connectivity index (χ3v) is 2.03. The van der Waals surface area contributed by atoms with Gasteiger partial charge in [0, 0.05) is 12.7 Å². The average molecular weight is 215 g/mol. The van der Waals surface area contributed by atoms with Crippen LogP contribution in [0, 0.1) is 11.3 Å². The van der Waals surface area contributed by atoms with Crippen LogP contribution in [0.4, 0.5) is 0 Å². The molecule has 0 bridgehead atoms. The summed E-state index contributed by atoms with van der Waals surface area (Å²) in [4.78, 5) is 10.7. The van der Waals surface area contributed by atoms with Crippen LogP contribution in [0.2, 0.25) is 0 Å². The molecule has 0 spiro atoms. The summed E-state index contributed by atoms with van der Waals surface area (Å²) in [7, 11) is 0. The van der Waals surface area contributed by atoms with Gasteiger partial charge in [-0.15, -0.1) is 0 Å². The van der Waals surface area contributed by atoms with Crippen LogP contribution in [0.25, 0.3) is 0 Å². The number of nitrogens with two attached hydrogens (primary N) is 1. The van der Waals surface area contributed by atoms with E-state index < -0.39 is 5.91 Å². The lowest BCUT2D eigenvalue weighted by molar-refractivity contribution is -0.114. The van der Waals surface area contributed by atoms with Crippen molar-refractivity contribution in [2.45, 2.75) is 6.42 Å². The molecule has 0 aliphatic heterocycles. The quantitative estimate of drug-likeness (QED) is 0.431. The zero-order valence-electron chi connectivity index (χ0n) is 8.81. The van der Waals surface area contributed by atoms with Gasteiger partial charge in [0.1, 0.15) is 11.6 Å². The molecular formula is C12H13N3O. The summed E-state index contributed by atoms with van der Waals surface area (Å²) < 4.78 is 0. The van der Waals surface area contributed by atoms with Gasteiger partial charge in [-0.3, -0.25) is 4.79 Å². The zero-order chi connectivity index (χ0) is 11.8. The second kappa shape index (κ2) is 6.25. The molecule has 1 amide bonds. The van der Waals surface area contributed by atoms with E-state index in [1.165, 1.54) is 11.8 Å². The van der Waals surface area contributed by atoms with Gasteiger partial charge in [-0.25, -0.2) is 0 Å². The molecule has 0 aromatic heterocycles. The van der Waals surface area contributed by atoms with Gasteiger partial charge in [0.2, 0.25) is 0 Å². The standard InChI is InChI=1S/C12H13N3O/c13-8-11(12(14)16)9-15-7-6-10-4-2-1-3-5-10/h1-5,9,15H,6-7H2,(H2,14,16)/b11-9-. The Labute approximate surface area is 94.4 Å². The van der Waals surface area contributed by atoms with E-state index in [4.69, 9.17) is 11.0 Å². The summed E-state index contributed by atoms with van der Waals surface area (Å²) in [6.45, 7) is 0.655. The van der Waals surface area contributed by atoms with Crippen molar-refractivity contribution in [3.63, 3.8) is 0 Å². The summed E-state index contributed by atoms with van der Waals surface area (Å²) in [5, 5.41) is 11.4. The summed E-state index contributed by atoms with van der Waals surface area (Å²) in [5.41, 5.74) is 6.10. The number of hydrogen-bond acceptors (Lipinski definition) is 3. The van der Waals surface area contributed by atoms with E-state index in [-0.39, 0.29) is 5.57 Å². The van der Waals surface area contributed by atoms with Gasteiger partial charge in [-0.05, 0) is 12.0 Å². The zero-order valence-corrected chi connectivity index (χ0v) is 8.81. The number of nitriles is 1. The van der Waals surface area contributed by atoms with Crippen LogP contribution in [-0.2, 0) is 11.2 Å². The Bertz CT molecular complexity index is 418. The third kappa shape index (κ3) is 3.84. The van der Waals surface area contributed by atoms with Gasteiger partial charge in [0.15, 0.2) is 0 Å². The maximum Gasteiger partial charge on any atom is 0.260 e. The predicted octanol–water partition coefficient (Wildman–Crippen LogP) is 0.711. The molecule has 0 fully saturated rings. The number of hydrogen-bond donors (Lipinski definition) is 2. The van der Waals surface area contributed by atoms with E-state index in [0.717, 1.165) is 6.42 Å². The van der Waals surface area contributed by atoms with E-state index in [1.54, 1.807) is 6.07 Å². The monoisotopic (exact) mass is 215 g/mol. The minimum Gasteiger partial charge on any atom is -0.389 e. The first-order valence-corrected chi connectivity index (χ1v) is 4.91. The van der Waals surface area contributed by atoms with Gasteiger partial charge in [0.25, 0.3) is 5.91 Å². The highest BCUT2D eigenvalue weighted by Crippen LogP contribution is 1.98. The van der Waals surface area contributed by atoms with E-state index in [2.05, 4.69) is 5.32 Å². The molecular weight excluding hydrogens is 202 g/mol. The minimum absolute atomic E-state index is 0.0620. The molecule has 1 rings (SSSR count). The van der Waals surface area contributed by atoms with E-state index in [0.29, 0.717) is 6.54 Å². The molecule has 0 unspecified atom stereocenters. The number of amides is 1. The van der Waals surface area contributed by atoms with Crippen LogP contribution in [0.5, 0.6) is 0 Å². The SMILES string of the molecule is N#C/C(=C/NCCc1ccccc1)C(N)=O. The average Bonchev–Trinajstić information content (AvgIpc) is 2.30. The van der Waals surface area contributed by atoms with Crippen molar-refractivity contribution in [3.8, 4) is 6.07 Å². The molecule has 82 valence electrons. The summed E-state index contributed by atoms with van der Waals surface area (Å²) >= 11 is 0. The molecule has 1 aromatic carbocycles. The van der Waals surface area contributed by atoms with Crippen LogP contribution in [-0.4, -0.2) is 12.5 Å². The molecule has 3 N–H and O–H groups in total. The highest BCUT2D eigenvalue weighted by atomic mass is 16.1. The molecule has 0 saturated heterocycles. The minimum atomic E-state index is -0.713. The van der Waals surface area contributed by atoms with Crippen LogP contribution >= 0.6 is 0 Å². The molecule has 1 aromatic rings. The maximum absolute atomic E-state index is 10.7. The highest BCUT2D eigenvalue weighted by molar-refractivity contribution is 5.95. The predicted molar refractivity (Wildman–Crippen MR) is 61.0 cm³/mol. The Balaban J connectivity index is 2.37. The Kier molecular flexibility index (Phi) is 4.61. The molecule has 16 heavy (non-hydrogen) atoms. The van der Waals surface area contributed by atoms with Gasteiger partial charge in [-0.2, -0.15) is 5.26 Å². The first-order chi connectivity index (χ1) is 7.74. The molecule has 4 nitrogen and oxygen atoms in total. The second-order valence-electron chi connectivity index (χ2n) is 3.22. The lowest BCUT2D eigenvalue weighted by Gasteiger charge is -2.01. The van der Waals surface area contributed by atoms with Crippen molar-refractivity contribution >= 4 is 5.91 Å². The number of carbonyl (C=O) groups is 1. The van der Waals surface area contributed by atoms with Crippen LogP contribution in [0.3, 0.4) is 0 Å². The van der Waals surface area contributed by atoms with Crippen molar-refractivity contribution in [1.29, 1.82) is 5.26 Å². The topological polar surface area (TPSA) is 78.9 Å². The number of benzene rings is 1.